The van der Waals surface area contributed by atoms with Crippen LogP contribution >= 0.6 is 11.8 Å². The third-order valence-electron chi connectivity index (χ3n) is 3.17. The number of halogens is 1. The summed E-state index contributed by atoms with van der Waals surface area (Å²) in [5.41, 5.74) is 8.43. The molecule has 1 heterocycles. The van der Waals surface area contributed by atoms with E-state index in [9.17, 15) is 0 Å². The van der Waals surface area contributed by atoms with Crippen LogP contribution in [0.2, 0.25) is 0 Å². The molecular weight excluding hydrogens is 346 g/mol. The fraction of sp³-hybridized carbons (Fsp3) is 0.125. The molecule has 0 unspecified atom stereocenters. The second kappa shape index (κ2) is 7.43. The van der Waals surface area contributed by atoms with Gasteiger partial charge in [-0.3, -0.25) is 5.73 Å². The molecule has 3 nitrogen and oxygen atoms in total. The molecule has 0 aliphatic carbocycles. The minimum absolute atomic E-state index is 0. The van der Waals surface area contributed by atoms with Gasteiger partial charge in [0.05, 0.1) is 11.5 Å². The van der Waals surface area contributed by atoms with Crippen molar-refractivity contribution in [1.29, 1.82) is 0 Å². The summed E-state index contributed by atoms with van der Waals surface area (Å²) in [5, 5.41) is 5.58. The van der Waals surface area contributed by atoms with Crippen LogP contribution in [0.4, 0.5) is 0 Å². The van der Waals surface area contributed by atoms with Crippen molar-refractivity contribution in [2.45, 2.75) is 5.25 Å². The van der Waals surface area contributed by atoms with Gasteiger partial charge in [-0.15, -0.1) is 4.68 Å². The Labute approximate surface area is 139 Å². The SMILES string of the molecule is NC1=[N+](/N=C/c2ccccc2)C[C@H](c2ccccc2)S1.[Br-]. The first-order chi connectivity index (χ1) is 9.83. The highest BCUT2D eigenvalue weighted by molar-refractivity contribution is 8.13. The molecule has 0 radical (unpaired) electrons. The fourth-order valence-corrected chi connectivity index (χ4v) is 3.16. The van der Waals surface area contributed by atoms with E-state index in [4.69, 9.17) is 5.73 Å². The molecule has 0 saturated heterocycles. The molecule has 0 spiro atoms. The Bertz CT molecular complexity index is 641. The molecule has 0 fully saturated rings. The molecule has 0 amide bonds. The third-order valence-corrected chi connectivity index (χ3v) is 4.33. The molecule has 2 aromatic rings. The van der Waals surface area contributed by atoms with E-state index in [-0.39, 0.29) is 17.0 Å². The van der Waals surface area contributed by atoms with E-state index in [1.807, 2.05) is 47.3 Å². The van der Waals surface area contributed by atoms with Crippen molar-refractivity contribution in [3.63, 3.8) is 0 Å². The zero-order valence-corrected chi connectivity index (χ0v) is 13.8. The molecule has 2 aromatic carbocycles. The van der Waals surface area contributed by atoms with E-state index >= 15 is 0 Å². The smallest absolute Gasteiger partial charge is 0.330 e. The lowest BCUT2D eigenvalue weighted by Gasteiger charge is -2.04. The number of benzene rings is 2. The maximum Gasteiger partial charge on any atom is 0.330 e. The van der Waals surface area contributed by atoms with Crippen LogP contribution in [0.25, 0.3) is 0 Å². The van der Waals surface area contributed by atoms with E-state index < -0.39 is 0 Å². The molecule has 2 N–H and O–H groups in total. The lowest BCUT2D eigenvalue weighted by molar-refractivity contribution is -0.527. The number of rotatable bonds is 3. The van der Waals surface area contributed by atoms with Gasteiger partial charge in [0.15, 0.2) is 0 Å². The van der Waals surface area contributed by atoms with Crippen molar-refractivity contribution in [3.05, 3.63) is 71.8 Å². The van der Waals surface area contributed by atoms with E-state index in [0.717, 1.165) is 17.3 Å². The lowest BCUT2D eigenvalue weighted by atomic mass is 10.1. The minimum atomic E-state index is 0. The monoisotopic (exact) mass is 361 g/mol. The van der Waals surface area contributed by atoms with Crippen LogP contribution in [0, 0.1) is 0 Å². The van der Waals surface area contributed by atoms with Crippen molar-refractivity contribution in [1.82, 2.24) is 0 Å². The summed E-state index contributed by atoms with van der Waals surface area (Å²) < 4.78 is 1.87. The predicted molar refractivity (Wildman–Crippen MR) is 85.1 cm³/mol. The zero-order chi connectivity index (χ0) is 13.8. The van der Waals surface area contributed by atoms with Crippen molar-refractivity contribution in [2.75, 3.05) is 6.54 Å². The molecular formula is C16H16BrN3S. The normalized spacial score (nSPS) is 18.0. The highest BCUT2D eigenvalue weighted by Crippen LogP contribution is 2.33. The Balaban J connectivity index is 0.00000161. The van der Waals surface area contributed by atoms with Crippen LogP contribution in [0.5, 0.6) is 0 Å². The van der Waals surface area contributed by atoms with Crippen LogP contribution in [0.15, 0.2) is 65.8 Å². The van der Waals surface area contributed by atoms with Gasteiger partial charge in [0, 0.05) is 0 Å². The largest absolute Gasteiger partial charge is 1.00 e. The summed E-state index contributed by atoms with van der Waals surface area (Å²) >= 11 is 1.67. The Hall–Kier alpha value is -1.59. The van der Waals surface area contributed by atoms with E-state index in [1.54, 1.807) is 11.8 Å². The predicted octanol–water partition coefficient (Wildman–Crippen LogP) is -0.160. The fourth-order valence-electron chi connectivity index (χ4n) is 2.11. The van der Waals surface area contributed by atoms with Crippen molar-refractivity contribution in [2.24, 2.45) is 10.8 Å². The summed E-state index contributed by atoms with van der Waals surface area (Å²) in [7, 11) is 0. The Kier molecular flexibility index (Phi) is 5.59. The first-order valence-corrected chi connectivity index (χ1v) is 7.41. The van der Waals surface area contributed by atoms with Gasteiger partial charge >= 0.3 is 5.17 Å². The van der Waals surface area contributed by atoms with E-state index in [0.29, 0.717) is 5.25 Å². The summed E-state index contributed by atoms with van der Waals surface area (Å²) in [5.74, 6) is 0. The number of nitrogens with two attached hydrogens (primary N) is 1. The summed E-state index contributed by atoms with van der Waals surface area (Å²) in [4.78, 5) is 0. The van der Waals surface area contributed by atoms with Crippen LogP contribution in [-0.4, -0.2) is 22.6 Å². The Morgan fingerprint density at radius 3 is 2.33 bits per heavy atom. The number of hydrazone groups is 1. The van der Waals surface area contributed by atoms with Gasteiger partial charge in [-0.1, -0.05) is 65.8 Å². The number of nitrogens with zero attached hydrogens (tertiary/aromatic N) is 2. The molecule has 108 valence electrons. The zero-order valence-electron chi connectivity index (χ0n) is 11.4. The number of thioether (sulfide) groups is 1. The molecule has 21 heavy (non-hydrogen) atoms. The van der Waals surface area contributed by atoms with Gasteiger partial charge in [0.2, 0.25) is 0 Å². The minimum Gasteiger partial charge on any atom is -1.00 e. The van der Waals surface area contributed by atoms with Crippen LogP contribution in [-0.2, 0) is 0 Å². The molecule has 0 aromatic heterocycles. The third kappa shape index (κ3) is 3.95. The quantitative estimate of drug-likeness (QED) is 0.609. The maximum atomic E-state index is 6.06. The first kappa shape index (κ1) is 15.8. The molecule has 5 heteroatoms. The molecule has 3 rings (SSSR count). The van der Waals surface area contributed by atoms with Gasteiger partial charge in [-0.2, -0.15) is 0 Å². The highest BCUT2D eigenvalue weighted by atomic mass is 79.9. The summed E-state index contributed by atoms with van der Waals surface area (Å²) in [6.07, 6.45) is 1.85. The van der Waals surface area contributed by atoms with Crippen LogP contribution in [0.1, 0.15) is 16.4 Å². The molecule has 1 aliphatic heterocycles. The summed E-state index contributed by atoms with van der Waals surface area (Å²) in [6.45, 7) is 0.809. The van der Waals surface area contributed by atoms with Crippen molar-refractivity contribution >= 4 is 23.1 Å². The molecule has 1 atom stereocenters. The number of hydrogen-bond acceptors (Lipinski definition) is 3. The number of hydrogen-bond donors (Lipinski definition) is 1. The topological polar surface area (TPSA) is 41.4 Å². The van der Waals surface area contributed by atoms with Gasteiger partial charge in [0.25, 0.3) is 0 Å². The van der Waals surface area contributed by atoms with E-state index in [1.165, 1.54) is 5.56 Å². The van der Waals surface area contributed by atoms with Gasteiger partial charge in [-0.05, 0) is 22.9 Å². The first-order valence-electron chi connectivity index (χ1n) is 6.53. The average molecular weight is 362 g/mol. The lowest BCUT2D eigenvalue weighted by Crippen LogP contribution is -3.00. The second-order valence-corrected chi connectivity index (χ2v) is 5.82. The maximum absolute atomic E-state index is 6.06. The van der Waals surface area contributed by atoms with Crippen LogP contribution < -0.4 is 22.7 Å². The average Bonchev–Trinajstić information content (AvgIpc) is 2.88. The summed E-state index contributed by atoms with van der Waals surface area (Å²) in [6, 6.07) is 20.5. The van der Waals surface area contributed by atoms with E-state index in [2.05, 4.69) is 29.4 Å². The Morgan fingerprint density at radius 2 is 1.67 bits per heavy atom. The highest BCUT2D eigenvalue weighted by Gasteiger charge is 2.29. The Morgan fingerprint density at radius 1 is 1.05 bits per heavy atom. The second-order valence-electron chi connectivity index (χ2n) is 4.59. The molecule has 0 saturated carbocycles. The molecule has 0 bridgehead atoms. The van der Waals surface area contributed by atoms with Gasteiger partial charge < -0.3 is 17.0 Å². The standard InChI is InChI=1S/C16H15N3S.BrH/c17-16-19(18-11-13-7-3-1-4-8-13)12-15(20-16)14-9-5-2-6-10-14;/h1-11,15,17H,12H2;1H/b18-11+;/t15-;/m1./s1. The van der Waals surface area contributed by atoms with Gasteiger partial charge in [-0.25, -0.2) is 0 Å². The van der Waals surface area contributed by atoms with Gasteiger partial charge in [0.1, 0.15) is 6.54 Å². The van der Waals surface area contributed by atoms with Crippen molar-refractivity contribution < 1.29 is 21.7 Å². The van der Waals surface area contributed by atoms with Crippen LogP contribution in [0.3, 0.4) is 0 Å². The molecule has 1 aliphatic rings. The number of amidine groups is 1. The van der Waals surface area contributed by atoms with Crippen molar-refractivity contribution in [3.8, 4) is 0 Å².